The normalized spacial score (nSPS) is 11.5. The summed E-state index contributed by atoms with van der Waals surface area (Å²) in [6.07, 6.45) is 0.931. The van der Waals surface area contributed by atoms with Gasteiger partial charge in [0.05, 0.1) is 0 Å². The molecule has 0 fully saturated rings. The summed E-state index contributed by atoms with van der Waals surface area (Å²) < 4.78 is 18.4. The molecular weight excluding hydrogens is 257 g/mol. The van der Waals surface area contributed by atoms with Crippen molar-refractivity contribution in [2.24, 2.45) is 4.99 Å². The second kappa shape index (κ2) is 9.31. The van der Waals surface area contributed by atoms with Crippen LogP contribution >= 0.6 is 0 Å². The van der Waals surface area contributed by atoms with Crippen LogP contribution in [0.1, 0.15) is 18.9 Å². The summed E-state index contributed by atoms with van der Waals surface area (Å²) in [7, 11) is 3.68. The number of hydrogen-bond acceptors (Lipinski definition) is 2. The first-order valence-corrected chi connectivity index (χ1v) is 6.91. The molecule has 4 nitrogen and oxygen atoms in total. The van der Waals surface area contributed by atoms with Gasteiger partial charge in [-0.05, 0) is 31.0 Å². The third-order valence-corrected chi connectivity index (χ3v) is 2.83. The first-order valence-electron chi connectivity index (χ1n) is 6.91. The Morgan fingerprint density at radius 1 is 1.45 bits per heavy atom. The van der Waals surface area contributed by atoms with Crippen molar-refractivity contribution in [2.45, 2.75) is 19.9 Å². The first kappa shape index (κ1) is 16.4. The third-order valence-electron chi connectivity index (χ3n) is 2.83. The van der Waals surface area contributed by atoms with Crippen LogP contribution in [0.15, 0.2) is 29.3 Å². The number of nitrogens with zero attached hydrogens (tertiary/aromatic N) is 2. The second-order valence-electron chi connectivity index (χ2n) is 4.51. The average molecular weight is 281 g/mol. The van der Waals surface area contributed by atoms with Gasteiger partial charge in [-0.3, -0.25) is 4.99 Å². The van der Waals surface area contributed by atoms with Gasteiger partial charge in [0.2, 0.25) is 0 Å². The van der Waals surface area contributed by atoms with Crippen LogP contribution in [0, 0.1) is 5.82 Å². The van der Waals surface area contributed by atoms with Gasteiger partial charge < -0.3 is 15.0 Å². The number of guanidine groups is 1. The van der Waals surface area contributed by atoms with Crippen molar-refractivity contribution in [3.63, 3.8) is 0 Å². The van der Waals surface area contributed by atoms with E-state index >= 15 is 0 Å². The summed E-state index contributed by atoms with van der Waals surface area (Å²) >= 11 is 0. The van der Waals surface area contributed by atoms with E-state index in [0.29, 0.717) is 6.54 Å². The Kier molecular flexibility index (Phi) is 7.65. The van der Waals surface area contributed by atoms with Crippen molar-refractivity contribution in [1.82, 2.24) is 10.2 Å². The van der Waals surface area contributed by atoms with Gasteiger partial charge in [-0.15, -0.1) is 0 Å². The maximum absolute atomic E-state index is 13.1. The zero-order valence-electron chi connectivity index (χ0n) is 12.5. The van der Waals surface area contributed by atoms with E-state index in [1.54, 1.807) is 19.2 Å². The van der Waals surface area contributed by atoms with E-state index in [1.165, 1.54) is 6.07 Å². The fourth-order valence-corrected chi connectivity index (χ4v) is 1.89. The first-order chi connectivity index (χ1) is 9.67. The Balaban J connectivity index is 2.41. The van der Waals surface area contributed by atoms with E-state index in [2.05, 4.69) is 10.3 Å². The Labute approximate surface area is 120 Å². The molecule has 5 heteroatoms. The number of rotatable bonds is 7. The molecule has 0 spiro atoms. The van der Waals surface area contributed by atoms with E-state index in [9.17, 15) is 4.39 Å². The van der Waals surface area contributed by atoms with E-state index in [4.69, 9.17) is 4.74 Å². The highest BCUT2D eigenvalue weighted by Gasteiger charge is 2.06. The van der Waals surface area contributed by atoms with Crippen molar-refractivity contribution < 1.29 is 9.13 Å². The Morgan fingerprint density at radius 2 is 2.25 bits per heavy atom. The summed E-state index contributed by atoms with van der Waals surface area (Å²) in [6.45, 7) is 4.89. The lowest BCUT2D eigenvalue weighted by atomic mass is 10.2. The van der Waals surface area contributed by atoms with Gasteiger partial charge in [-0.2, -0.15) is 0 Å². The molecule has 20 heavy (non-hydrogen) atoms. The highest BCUT2D eigenvalue weighted by Crippen LogP contribution is 2.06. The van der Waals surface area contributed by atoms with Gasteiger partial charge >= 0.3 is 0 Å². The van der Waals surface area contributed by atoms with E-state index < -0.39 is 0 Å². The molecule has 1 aromatic rings. The molecule has 1 rings (SSSR count). The van der Waals surface area contributed by atoms with Gasteiger partial charge in [0, 0.05) is 40.4 Å². The molecule has 0 saturated carbocycles. The minimum absolute atomic E-state index is 0.212. The molecule has 0 radical (unpaired) electrons. The number of hydrogen-bond donors (Lipinski definition) is 1. The molecule has 0 aliphatic heterocycles. The molecule has 0 unspecified atom stereocenters. The molecule has 0 aromatic heterocycles. The Hall–Kier alpha value is -1.62. The molecule has 1 aromatic carbocycles. The molecule has 112 valence electrons. The SMILES string of the molecule is CCOCCCNC(=NC)N(C)Cc1cccc(F)c1. The number of halogens is 1. The number of nitrogens with one attached hydrogen (secondary N) is 1. The van der Waals surface area contributed by atoms with Gasteiger partial charge in [0.1, 0.15) is 5.82 Å². The van der Waals surface area contributed by atoms with Gasteiger partial charge in [-0.25, -0.2) is 4.39 Å². The zero-order chi connectivity index (χ0) is 14.8. The number of ether oxygens (including phenoxy) is 1. The van der Waals surface area contributed by atoms with Crippen molar-refractivity contribution >= 4 is 5.96 Å². The maximum Gasteiger partial charge on any atom is 0.193 e. The van der Waals surface area contributed by atoms with Gasteiger partial charge in [0.15, 0.2) is 5.96 Å². The highest BCUT2D eigenvalue weighted by atomic mass is 19.1. The predicted octanol–water partition coefficient (Wildman–Crippen LogP) is 2.26. The van der Waals surface area contributed by atoms with Crippen LogP contribution in [-0.4, -0.2) is 44.7 Å². The van der Waals surface area contributed by atoms with Crippen LogP contribution in [0.2, 0.25) is 0 Å². The Bertz CT molecular complexity index is 423. The monoisotopic (exact) mass is 281 g/mol. The third kappa shape index (κ3) is 6.02. The molecule has 0 atom stereocenters. The number of aliphatic imine (C=N–C) groups is 1. The fraction of sp³-hybridized carbons (Fsp3) is 0.533. The van der Waals surface area contributed by atoms with Crippen molar-refractivity contribution in [3.05, 3.63) is 35.6 Å². The molecule has 0 heterocycles. The smallest absolute Gasteiger partial charge is 0.193 e. The zero-order valence-corrected chi connectivity index (χ0v) is 12.5. The standard InChI is InChI=1S/C15H24FN3O/c1-4-20-10-6-9-18-15(17-2)19(3)12-13-7-5-8-14(16)11-13/h5,7-8,11H,4,6,9-10,12H2,1-3H3,(H,17,18). The van der Waals surface area contributed by atoms with Crippen LogP contribution in [0.25, 0.3) is 0 Å². The molecule has 0 aliphatic rings. The lowest BCUT2D eigenvalue weighted by Gasteiger charge is -2.22. The Morgan fingerprint density at radius 3 is 2.90 bits per heavy atom. The average Bonchev–Trinajstić information content (AvgIpc) is 2.42. The minimum Gasteiger partial charge on any atom is -0.382 e. The van der Waals surface area contributed by atoms with E-state index in [1.807, 2.05) is 24.9 Å². The summed E-state index contributed by atoms with van der Waals surface area (Å²) in [6, 6.07) is 6.61. The fourth-order valence-electron chi connectivity index (χ4n) is 1.89. The lowest BCUT2D eigenvalue weighted by Crippen LogP contribution is -2.39. The largest absolute Gasteiger partial charge is 0.382 e. The predicted molar refractivity (Wildman–Crippen MR) is 80.3 cm³/mol. The van der Waals surface area contributed by atoms with Crippen LogP contribution < -0.4 is 5.32 Å². The van der Waals surface area contributed by atoms with Crippen LogP contribution in [0.5, 0.6) is 0 Å². The van der Waals surface area contributed by atoms with E-state index in [-0.39, 0.29) is 5.82 Å². The molecule has 1 N–H and O–H groups in total. The summed E-state index contributed by atoms with van der Waals surface area (Å²) in [5, 5.41) is 3.27. The topological polar surface area (TPSA) is 36.9 Å². The summed E-state index contributed by atoms with van der Waals surface area (Å²) in [5.41, 5.74) is 0.921. The van der Waals surface area contributed by atoms with Crippen LogP contribution in [-0.2, 0) is 11.3 Å². The summed E-state index contributed by atoms with van der Waals surface area (Å²) in [4.78, 5) is 6.19. The van der Waals surface area contributed by atoms with E-state index in [0.717, 1.165) is 37.7 Å². The highest BCUT2D eigenvalue weighted by molar-refractivity contribution is 5.79. The van der Waals surface area contributed by atoms with Crippen LogP contribution in [0.4, 0.5) is 4.39 Å². The maximum atomic E-state index is 13.1. The van der Waals surface area contributed by atoms with Crippen LogP contribution in [0.3, 0.4) is 0 Å². The van der Waals surface area contributed by atoms with Crippen molar-refractivity contribution in [3.8, 4) is 0 Å². The molecule has 0 aliphatic carbocycles. The molecule has 0 amide bonds. The molecule has 0 saturated heterocycles. The lowest BCUT2D eigenvalue weighted by molar-refractivity contribution is 0.145. The second-order valence-corrected chi connectivity index (χ2v) is 4.51. The quantitative estimate of drug-likeness (QED) is 0.473. The number of benzene rings is 1. The molecule has 0 bridgehead atoms. The van der Waals surface area contributed by atoms with Crippen molar-refractivity contribution in [1.29, 1.82) is 0 Å². The molecular formula is C15H24FN3O. The van der Waals surface area contributed by atoms with Crippen molar-refractivity contribution in [2.75, 3.05) is 33.9 Å². The van der Waals surface area contributed by atoms with Gasteiger partial charge in [0.25, 0.3) is 0 Å². The minimum atomic E-state index is -0.212. The van der Waals surface area contributed by atoms with Gasteiger partial charge in [-0.1, -0.05) is 12.1 Å². The summed E-state index contributed by atoms with van der Waals surface area (Å²) in [5.74, 6) is 0.585.